The molecule has 0 saturated heterocycles. The van der Waals surface area contributed by atoms with Crippen LogP contribution in [0.15, 0.2) is 42.7 Å². The lowest BCUT2D eigenvalue weighted by Crippen LogP contribution is -2.17. The van der Waals surface area contributed by atoms with E-state index < -0.39 is 6.09 Å². The molecule has 6 nitrogen and oxygen atoms in total. The van der Waals surface area contributed by atoms with Crippen LogP contribution in [0.5, 0.6) is 5.88 Å². The van der Waals surface area contributed by atoms with E-state index in [1.54, 1.807) is 36.7 Å². The zero-order valence-electron chi connectivity index (χ0n) is 13.5. The molecule has 0 spiro atoms. The quantitative estimate of drug-likeness (QED) is 0.659. The zero-order chi connectivity index (χ0) is 17.8. The van der Waals surface area contributed by atoms with E-state index in [0.29, 0.717) is 15.7 Å². The van der Waals surface area contributed by atoms with Gasteiger partial charge in [-0.25, -0.2) is 9.78 Å². The maximum absolute atomic E-state index is 12.1. The highest BCUT2D eigenvalue weighted by molar-refractivity contribution is 7.16. The highest BCUT2D eigenvalue weighted by Crippen LogP contribution is 2.34. The molecule has 0 aliphatic rings. The number of rotatable bonds is 4. The maximum Gasteiger partial charge on any atom is 0.418 e. The molecule has 0 atom stereocenters. The number of hydrogen-bond donors (Lipinski definition) is 2. The minimum atomic E-state index is -0.640. The third-order valence-corrected chi connectivity index (χ3v) is 4.35. The third kappa shape index (κ3) is 4.46. The number of aromatic nitrogens is 2. The molecular weight excluding hydrogens is 360 g/mol. The van der Waals surface area contributed by atoms with Gasteiger partial charge in [0.2, 0.25) is 0 Å². The molecule has 0 radical (unpaired) electrons. The lowest BCUT2D eigenvalue weighted by Gasteiger charge is -2.09. The summed E-state index contributed by atoms with van der Waals surface area (Å²) in [5.41, 5.74) is 2.39. The molecule has 1 amide bonds. The second-order valence-corrected chi connectivity index (χ2v) is 6.85. The van der Waals surface area contributed by atoms with Crippen molar-refractivity contribution in [2.75, 3.05) is 10.6 Å². The predicted octanol–water partition coefficient (Wildman–Crippen LogP) is 5.16. The highest BCUT2D eigenvalue weighted by Gasteiger charge is 2.16. The van der Waals surface area contributed by atoms with Crippen molar-refractivity contribution in [2.24, 2.45) is 0 Å². The first kappa shape index (κ1) is 17.2. The minimum absolute atomic E-state index is 0.213. The number of nitrogens with zero attached hydrogens (tertiary/aromatic N) is 2. The summed E-state index contributed by atoms with van der Waals surface area (Å²) in [5.74, 6) is 0.213. The van der Waals surface area contributed by atoms with Gasteiger partial charge in [-0.3, -0.25) is 10.3 Å². The Morgan fingerprint density at radius 3 is 2.88 bits per heavy atom. The Balaban J connectivity index is 1.74. The Kier molecular flexibility index (Phi) is 5.16. The Morgan fingerprint density at radius 1 is 1.28 bits per heavy atom. The summed E-state index contributed by atoms with van der Waals surface area (Å²) < 4.78 is 5.35. The van der Waals surface area contributed by atoms with Gasteiger partial charge < -0.3 is 10.1 Å². The number of halogens is 1. The predicted molar refractivity (Wildman–Crippen MR) is 100 cm³/mol. The molecule has 3 aromatic rings. The van der Waals surface area contributed by atoms with Gasteiger partial charge in [-0.15, -0.1) is 0 Å². The summed E-state index contributed by atoms with van der Waals surface area (Å²) in [5, 5.41) is 7.76. The van der Waals surface area contributed by atoms with Crippen molar-refractivity contribution >= 4 is 45.4 Å². The van der Waals surface area contributed by atoms with Crippen molar-refractivity contribution in [3.05, 3.63) is 58.3 Å². The summed E-state index contributed by atoms with van der Waals surface area (Å²) in [6, 6.07) is 8.71. The molecule has 3 rings (SSSR count). The fourth-order valence-corrected chi connectivity index (χ4v) is 3.02. The molecule has 0 aliphatic carbocycles. The van der Waals surface area contributed by atoms with E-state index in [-0.39, 0.29) is 5.88 Å². The minimum Gasteiger partial charge on any atom is -0.388 e. The van der Waals surface area contributed by atoms with Crippen molar-refractivity contribution in [1.82, 2.24) is 9.97 Å². The van der Waals surface area contributed by atoms with Crippen LogP contribution in [-0.4, -0.2) is 16.1 Å². The lowest BCUT2D eigenvalue weighted by atomic mass is 10.2. The zero-order valence-corrected chi connectivity index (χ0v) is 15.1. The van der Waals surface area contributed by atoms with Crippen molar-refractivity contribution in [1.29, 1.82) is 0 Å². The monoisotopic (exact) mass is 374 g/mol. The fraction of sp³-hybridized carbons (Fsp3) is 0.118. The Bertz CT molecular complexity index is 913. The first-order valence-corrected chi connectivity index (χ1v) is 8.60. The van der Waals surface area contributed by atoms with E-state index in [9.17, 15) is 4.79 Å². The first-order chi connectivity index (χ1) is 12.0. The molecule has 2 heterocycles. The largest absolute Gasteiger partial charge is 0.418 e. The van der Waals surface area contributed by atoms with E-state index >= 15 is 0 Å². The van der Waals surface area contributed by atoms with Crippen molar-refractivity contribution in [3.63, 3.8) is 0 Å². The van der Waals surface area contributed by atoms with Crippen molar-refractivity contribution in [2.45, 2.75) is 13.8 Å². The average molecular weight is 375 g/mol. The van der Waals surface area contributed by atoms with Crippen LogP contribution in [0.2, 0.25) is 5.02 Å². The number of amides is 1. The molecular formula is C17H15ClN4O2S. The van der Waals surface area contributed by atoms with E-state index in [0.717, 1.165) is 16.3 Å². The second-order valence-electron chi connectivity index (χ2n) is 5.21. The summed E-state index contributed by atoms with van der Waals surface area (Å²) in [6.07, 6.45) is 2.78. The van der Waals surface area contributed by atoms with E-state index in [1.807, 2.05) is 19.9 Å². The molecule has 8 heteroatoms. The van der Waals surface area contributed by atoms with Gasteiger partial charge in [-0.05, 0) is 43.7 Å². The van der Waals surface area contributed by atoms with Gasteiger partial charge in [0.1, 0.15) is 0 Å². The van der Waals surface area contributed by atoms with E-state index in [1.165, 1.54) is 11.3 Å². The smallest absolute Gasteiger partial charge is 0.388 e. The Hall–Kier alpha value is -2.64. The molecule has 0 saturated carbocycles. The van der Waals surface area contributed by atoms with Gasteiger partial charge in [0.15, 0.2) is 5.00 Å². The molecule has 2 aromatic heterocycles. The topological polar surface area (TPSA) is 76.1 Å². The van der Waals surface area contributed by atoms with Crippen molar-refractivity contribution in [3.8, 4) is 5.88 Å². The first-order valence-electron chi connectivity index (χ1n) is 7.41. The van der Waals surface area contributed by atoms with Crippen molar-refractivity contribution < 1.29 is 9.53 Å². The molecule has 1 aromatic carbocycles. The summed E-state index contributed by atoms with van der Waals surface area (Å²) in [6.45, 7) is 3.80. The van der Waals surface area contributed by atoms with Crippen LogP contribution in [-0.2, 0) is 0 Å². The van der Waals surface area contributed by atoms with Gasteiger partial charge in [-0.2, -0.15) is 0 Å². The molecule has 0 fully saturated rings. The number of nitrogens with one attached hydrogen (secondary N) is 2. The van der Waals surface area contributed by atoms with Crippen LogP contribution < -0.4 is 15.4 Å². The molecule has 2 N–H and O–H groups in total. The van der Waals surface area contributed by atoms with Gasteiger partial charge in [0.25, 0.3) is 5.88 Å². The number of thiazole rings is 1. The van der Waals surface area contributed by atoms with Gasteiger partial charge in [-0.1, -0.05) is 29.0 Å². The second kappa shape index (κ2) is 7.50. The fourth-order valence-electron chi connectivity index (χ4n) is 2.07. The molecule has 0 unspecified atom stereocenters. The van der Waals surface area contributed by atoms with Gasteiger partial charge in [0.05, 0.1) is 16.9 Å². The molecule has 128 valence electrons. The Labute approximate surface area is 153 Å². The number of aryl methyl sites for hydroxylation is 2. The number of ether oxygens (including phenoxy) is 1. The maximum atomic E-state index is 12.1. The summed E-state index contributed by atoms with van der Waals surface area (Å²) in [4.78, 5) is 20.5. The molecule has 0 aliphatic heterocycles. The molecule has 0 bridgehead atoms. The number of hydrogen-bond acceptors (Lipinski definition) is 6. The highest BCUT2D eigenvalue weighted by atomic mass is 35.5. The number of pyridine rings is 1. The Morgan fingerprint density at radius 2 is 2.12 bits per heavy atom. The number of benzene rings is 1. The van der Waals surface area contributed by atoms with Crippen LogP contribution in [0, 0.1) is 13.8 Å². The lowest BCUT2D eigenvalue weighted by molar-refractivity contribution is 0.214. The van der Waals surface area contributed by atoms with Crippen LogP contribution >= 0.6 is 22.9 Å². The van der Waals surface area contributed by atoms with E-state index in [2.05, 4.69) is 20.6 Å². The average Bonchev–Trinajstić information content (AvgIpc) is 2.88. The standard InChI is InChI=1S/C17H15ClN4O2S/c1-10-6-7-19-9-14(10)22-16-15(20-11(2)25-16)24-17(23)21-13-5-3-4-12(18)8-13/h3-9,22H,1-2H3,(H,21,23). The van der Waals surface area contributed by atoms with E-state index in [4.69, 9.17) is 16.3 Å². The van der Waals surface area contributed by atoms with Gasteiger partial charge in [0, 0.05) is 16.9 Å². The number of anilines is 3. The normalized spacial score (nSPS) is 10.4. The van der Waals surface area contributed by atoms with Crippen LogP contribution in [0.1, 0.15) is 10.6 Å². The number of carbonyl (C=O) groups is 1. The SMILES string of the molecule is Cc1nc(OC(=O)Nc2cccc(Cl)c2)c(Nc2cnccc2C)s1. The van der Waals surface area contributed by atoms with Crippen LogP contribution in [0.3, 0.4) is 0 Å². The van der Waals surface area contributed by atoms with Crippen LogP contribution in [0.25, 0.3) is 0 Å². The van der Waals surface area contributed by atoms with Gasteiger partial charge >= 0.3 is 6.09 Å². The summed E-state index contributed by atoms with van der Waals surface area (Å²) >= 11 is 7.30. The third-order valence-electron chi connectivity index (χ3n) is 3.25. The molecule has 25 heavy (non-hydrogen) atoms. The summed E-state index contributed by atoms with van der Waals surface area (Å²) in [7, 11) is 0. The van der Waals surface area contributed by atoms with Crippen LogP contribution in [0.4, 0.5) is 21.2 Å². The number of carbonyl (C=O) groups excluding carboxylic acids is 1.